The van der Waals surface area contributed by atoms with E-state index in [2.05, 4.69) is 9.36 Å². The molecule has 2 aromatic rings. The number of aromatic hydroxyl groups is 1. The first-order chi connectivity index (χ1) is 12.0. The van der Waals surface area contributed by atoms with Crippen LogP contribution >= 0.6 is 11.5 Å². The van der Waals surface area contributed by atoms with Crippen LogP contribution in [0.2, 0.25) is 6.32 Å². The molecule has 1 aliphatic rings. The van der Waals surface area contributed by atoms with E-state index in [1.165, 1.54) is 30.0 Å². The number of benzene rings is 1. The molecule has 1 aliphatic heterocycles. The average Bonchev–Trinajstić information content (AvgIpc) is 3.02. The summed E-state index contributed by atoms with van der Waals surface area (Å²) >= 11 is 1.27. The number of nitrogens with zero attached hydrogens (tertiary/aromatic N) is 3. The van der Waals surface area contributed by atoms with Gasteiger partial charge in [-0.1, -0.05) is 6.07 Å². The smallest absolute Gasteiger partial charge is 0.451 e. The maximum atomic E-state index is 11.5. The van der Waals surface area contributed by atoms with Crippen molar-refractivity contribution in [3.63, 3.8) is 0 Å². The molecule has 11 heteroatoms. The molecule has 1 aromatic heterocycles. The highest BCUT2D eigenvalue weighted by molar-refractivity contribution is 7.09. The third kappa shape index (κ3) is 3.84. The average molecular weight is 365 g/mol. The van der Waals surface area contributed by atoms with Crippen LogP contribution in [0.15, 0.2) is 18.5 Å². The Bertz CT molecular complexity index is 751. The fourth-order valence-corrected chi connectivity index (χ4v) is 3.11. The third-order valence-electron chi connectivity index (χ3n) is 3.87. The quantitative estimate of drug-likeness (QED) is 0.508. The van der Waals surface area contributed by atoms with Crippen LogP contribution in [0.4, 0.5) is 5.13 Å². The lowest BCUT2D eigenvalue weighted by Crippen LogP contribution is -2.54. The summed E-state index contributed by atoms with van der Waals surface area (Å²) in [5, 5.41) is 38.2. The highest BCUT2D eigenvalue weighted by Gasteiger charge is 2.32. The molecule has 1 fully saturated rings. The van der Waals surface area contributed by atoms with Crippen LogP contribution in [-0.2, 0) is 6.42 Å². The van der Waals surface area contributed by atoms with Crippen LogP contribution in [0.3, 0.4) is 0 Å². The van der Waals surface area contributed by atoms with E-state index >= 15 is 0 Å². The van der Waals surface area contributed by atoms with Gasteiger partial charge in [-0.2, -0.15) is 4.37 Å². The van der Waals surface area contributed by atoms with Crippen molar-refractivity contribution in [2.45, 2.75) is 18.8 Å². The number of carbonyl (C=O) groups is 1. The van der Waals surface area contributed by atoms with Crippen LogP contribution in [0, 0.1) is 0 Å². The number of aromatic carboxylic acids is 1. The molecule has 1 aromatic carbocycles. The van der Waals surface area contributed by atoms with Crippen molar-refractivity contribution in [3.05, 3.63) is 29.6 Å². The highest BCUT2D eigenvalue weighted by atomic mass is 32.1. The lowest BCUT2D eigenvalue weighted by molar-refractivity contribution is 0.0683. The number of ether oxygens (including phenoxy) is 1. The van der Waals surface area contributed by atoms with Gasteiger partial charge in [-0.25, -0.2) is 9.78 Å². The summed E-state index contributed by atoms with van der Waals surface area (Å²) in [6.45, 7) is 1.10. The van der Waals surface area contributed by atoms with E-state index in [4.69, 9.17) is 14.8 Å². The van der Waals surface area contributed by atoms with Crippen molar-refractivity contribution in [1.82, 2.24) is 9.36 Å². The zero-order valence-electron chi connectivity index (χ0n) is 13.1. The molecule has 0 amide bonds. The Hall–Kier alpha value is -2.37. The zero-order valence-corrected chi connectivity index (χ0v) is 13.9. The Morgan fingerprint density at radius 1 is 1.40 bits per heavy atom. The Labute approximate surface area is 147 Å². The minimum atomic E-state index is -1.52. The topological polar surface area (TPSA) is 136 Å². The lowest BCUT2D eigenvalue weighted by atomic mass is 9.82. The number of carboxylic acid groups (broad SMARTS) is 1. The molecule has 0 spiro atoms. The van der Waals surface area contributed by atoms with Gasteiger partial charge in [-0.05, 0) is 24.4 Å². The SMILES string of the molecule is O=C(O)c1c(OC2CN(c3ncns3)C2)ccc(CCB(O)O)c1O. The zero-order chi connectivity index (χ0) is 18.0. The van der Waals surface area contributed by atoms with E-state index in [0.29, 0.717) is 18.7 Å². The molecule has 4 N–H and O–H groups in total. The normalized spacial score (nSPS) is 14.2. The molecule has 0 radical (unpaired) electrons. The Balaban J connectivity index is 1.71. The van der Waals surface area contributed by atoms with E-state index in [1.54, 1.807) is 0 Å². The predicted octanol–water partition coefficient (Wildman–Crippen LogP) is 0.225. The molecule has 0 saturated carbocycles. The molecule has 0 bridgehead atoms. The molecule has 3 rings (SSSR count). The fraction of sp³-hybridized carbons (Fsp3) is 0.357. The van der Waals surface area contributed by atoms with E-state index < -0.39 is 18.8 Å². The number of hydrogen-bond donors (Lipinski definition) is 4. The summed E-state index contributed by atoms with van der Waals surface area (Å²) in [6, 6.07) is 3.01. The molecule has 132 valence electrons. The first-order valence-electron chi connectivity index (χ1n) is 7.58. The first kappa shape index (κ1) is 17.5. The van der Waals surface area contributed by atoms with Gasteiger partial charge < -0.3 is 29.9 Å². The van der Waals surface area contributed by atoms with Gasteiger partial charge in [0.15, 0.2) is 0 Å². The summed E-state index contributed by atoms with van der Waals surface area (Å²) in [5.74, 6) is -1.63. The summed E-state index contributed by atoms with van der Waals surface area (Å²) < 4.78 is 9.63. The van der Waals surface area contributed by atoms with Gasteiger partial charge in [-0.3, -0.25) is 0 Å². The number of rotatable bonds is 7. The lowest BCUT2D eigenvalue weighted by Gasteiger charge is -2.38. The van der Waals surface area contributed by atoms with Gasteiger partial charge in [0, 0.05) is 11.5 Å². The van der Waals surface area contributed by atoms with Crippen molar-refractivity contribution in [2.75, 3.05) is 18.0 Å². The Morgan fingerprint density at radius 2 is 2.16 bits per heavy atom. The number of hydrogen-bond acceptors (Lipinski definition) is 9. The largest absolute Gasteiger partial charge is 0.507 e. The second kappa shape index (κ2) is 7.25. The molecule has 2 heterocycles. The molecular weight excluding hydrogens is 349 g/mol. The monoisotopic (exact) mass is 365 g/mol. The maximum Gasteiger partial charge on any atom is 0.451 e. The predicted molar refractivity (Wildman–Crippen MR) is 90.3 cm³/mol. The highest BCUT2D eigenvalue weighted by Crippen LogP contribution is 2.34. The molecule has 0 unspecified atom stereocenters. The fourth-order valence-electron chi connectivity index (χ4n) is 2.56. The van der Waals surface area contributed by atoms with Crippen LogP contribution in [-0.4, -0.2) is 61.9 Å². The van der Waals surface area contributed by atoms with Crippen LogP contribution < -0.4 is 9.64 Å². The van der Waals surface area contributed by atoms with Crippen molar-refractivity contribution >= 4 is 29.8 Å². The van der Waals surface area contributed by atoms with Gasteiger partial charge in [0.05, 0.1) is 13.1 Å². The third-order valence-corrected chi connectivity index (χ3v) is 4.60. The standard InChI is InChI=1S/C14H16BN3O6S/c19-12-8(3-4-15(22)23)1-2-10(11(12)13(20)21)24-9-5-18(6-9)14-16-7-17-25-14/h1-2,7,9,19,22-23H,3-6H2,(H,20,21). The summed E-state index contributed by atoms with van der Waals surface area (Å²) in [5.41, 5.74) is 0.00115. The van der Waals surface area contributed by atoms with Crippen LogP contribution in [0.25, 0.3) is 0 Å². The molecule has 0 aliphatic carbocycles. The molecule has 9 nitrogen and oxygen atoms in total. The first-order valence-corrected chi connectivity index (χ1v) is 8.35. The molecule has 1 saturated heterocycles. The van der Waals surface area contributed by atoms with Crippen LogP contribution in [0.1, 0.15) is 15.9 Å². The minimum absolute atomic E-state index is 0.00768. The second-order valence-corrected chi connectivity index (χ2v) is 6.40. The number of carboxylic acids is 1. The van der Waals surface area contributed by atoms with Crippen molar-refractivity contribution in [1.29, 1.82) is 0 Å². The number of anilines is 1. The van der Waals surface area contributed by atoms with E-state index in [9.17, 15) is 15.0 Å². The summed E-state index contributed by atoms with van der Waals surface area (Å²) in [7, 11) is -1.52. The Morgan fingerprint density at radius 3 is 2.76 bits per heavy atom. The number of aromatic nitrogens is 2. The van der Waals surface area contributed by atoms with Crippen molar-refractivity contribution < 1.29 is 29.8 Å². The molecule has 0 atom stereocenters. The van der Waals surface area contributed by atoms with E-state index in [1.807, 2.05) is 4.90 Å². The van der Waals surface area contributed by atoms with E-state index in [0.717, 1.165) is 5.13 Å². The van der Waals surface area contributed by atoms with Crippen LogP contribution in [0.5, 0.6) is 11.5 Å². The van der Waals surface area contributed by atoms with Gasteiger partial charge in [0.1, 0.15) is 29.5 Å². The van der Waals surface area contributed by atoms with Crippen molar-refractivity contribution in [3.8, 4) is 11.5 Å². The molecular formula is C14H16BN3O6S. The summed E-state index contributed by atoms with van der Waals surface area (Å²) in [6.07, 6.45) is 1.38. The number of aryl methyl sites for hydroxylation is 1. The Kier molecular flexibility index (Phi) is 5.07. The minimum Gasteiger partial charge on any atom is -0.507 e. The van der Waals surface area contributed by atoms with Gasteiger partial charge in [0.25, 0.3) is 0 Å². The van der Waals surface area contributed by atoms with Gasteiger partial charge in [-0.15, -0.1) is 0 Å². The van der Waals surface area contributed by atoms with Crippen molar-refractivity contribution in [2.24, 2.45) is 0 Å². The van der Waals surface area contributed by atoms with Gasteiger partial charge >= 0.3 is 13.1 Å². The second-order valence-electron chi connectivity index (χ2n) is 5.64. The summed E-state index contributed by atoms with van der Waals surface area (Å²) in [4.78, 5) is 17.6. The molecule has 25 heavy (non-hydrogen) atoms. The maximum absolute atomic E-state index is 11.5. The van der Waals surface area contributed by atoms with Gasteiger partial charge in [0.2, 0.25) is 5.13 Å². The number of phenols is 1. The van der Waals surface area contributed by atoms with E-state index in [-0.39, 0.29) is 30.2 Å².